The van der Waals surface area contributed by atoms with E-state index in [1.54, 1.807) is 19.9 Å². The molecule has 0 unspecified atom stereocenters. The maximum absolute atomic E-state index is 13.1. The number of fused-ring (bicyclic) bond motifs is 1. The number of nitrogens with one attached hydrogen (secondary N) is 2. The number of thioether (sulfide) groups is 1. The van der Waals surface area contributed by atoms with Crippen molar-refractivity contribution in [1.29, 1.82) is 0 Å². The van der Waals surface area contributed by atoms with E-state index >= 15 is 0 Å². The molecule has 4 rings (SSSR count). The molecular formula is C30H30N4O7S. The van der Waals surface area contributed by atoms with Crippen LogP contribution in [0.4, 0.5) is 0 Å². The third-order valence-electron chi connectivity index (χ3n) is 6.24. The van der Waals surface area contributed by atoms with Gasteiger partial charge < -0.3 is 25.0 Å². The third-order valence-corrected chi connectivity index (χ3v) is 7.08. The number of ketones is 1. The minimum atomic E-state index is -1.33. The largest absolute Gasteiger partial charge is 0.483 e. The number of carbonyl (C=O) groups excluding carboxylic acids is 3. The molecular weight excluding hydrogens is 560 g/mol. The predicted molar refractivity (Wildman–Crippen MR) is 156 cm³/mol. The van der Waals surface area contributed by atoms with Crippen molar-refractivity contribution in [3.63, 3.8) is 0 Å². The van der Waals surface area contributed by atoms with E-state index in [9.17, 15) is 24.3 Å². The maximum Gasteiger partial charge on any atom is 0.305 e. The van der Waals surface area contributed by atoms with E-state index in [2.05, 4.69) is 20.8 Å². The van der Waals surface area contributed by atoms with Crippen molar-refractivity contribution in [2.45, 2.75) is 37.6 Å². The van der Waals surface area contributed by atoms with Crippen molar-refractivity contribution in [2.75, 3.05) is 12.4 Å². The zero-order valence-electron chi connectivity index (χ0n) is 23.0. The van der Waals surface area contributed by atoms with E-state index in [1.807, 2.05) is 66.7 Å². The number of ether oxygens (including phenoxy) is 1. The van der Waals surface area contributed by atoms with Gasteiger partial charge in [-0.2, -0.15) is 4.98 Å². The Bertz CT molecular complexity index is 1550. The van der Waals surface area contributed by atoms with Gasteiger partial charge >= 0.3 is 5.97 Å². The van der Waals surface area contributed by atoms with E-state index < -0.39 is 42.1 Å². The van der Waals surface area contributed by atoms with Crippen LogP contribution in [0.2, 0.25) is 0 Å². The molecule has 0 bridgehead atoms. The fourth-order valence-corrected chi connectivity index (χ4v) is 4.81. The summed E-state index contributed by atoms with van der Waals surface area (Å²) in [7, 11) is 0. The number of rotatable bonds is 14. The summed E-state index contributed by atoms with van der Waals surface area (Å²) in [6.07, 6.45) is -0.632. The molecule has 0 aliphatic carbocycles. The van der Waals surface area contributed by atoms with Crippen LogP contribution in [-0.4, -0.2) is 63.3 Å². The Kier molecular flexibility index (Phi) is 10.3. The number of aliphatic carboxylic acids is 1. The second kappa shape index (κ2) is 14.3. The molecule has 42 heavy (non-hydrogen) atoms. The first kappa shape index (κ1) is 30.3. The van der Waals surface area contributed by atoms with Crippen LogP contribution < -0.4 is 15.4 Å². The Morgan fingerprint density at radius 3 is 2.40 bits per heavy atom. The summed E-state index contributed by atoms with van der Waals surface area (Å²) in [5.41, 5.74) is 0.736. The zero-order chi connectivity index (χ0) is 30.1. The lowest BCUT2D eigenvalue weighted by Crippen LogP contribution is -2.55. The van der Waals surface area contributed by atoms with Gasteiger partial charge in [0.25, 0.3) is 11.1 Å². The number of aromatic nitrogens is 2. The van der Waals surface area contributed by atoms with Gasteiger partial charge in [0, 0.05) is 10.9 Å². The highest BCUT2D eigenvalue weighted by atomic mass is 32.2. The van der Waals surface area contributed by atoms with Gasteiger partial charge in [0.05, 0.1) is 18.2 Å². The summed E-state index contributed by atoms with van der Waals surface area (Å²) in [6.45, 7) is 3.10. The molecule has 11 nitrogen and oxygen atoms in total. The van der Waals surface area contributed by atoms with Gasteiger partial charge in [0.15, 0.2) is 12.4 Å². The Morgan fingerprint density at radius 1 is 0.952 bits per heavy atom. The molecule has 0 fully saturated rings. The molecule has 218 valence electrons. The van der Waals surface area contributed by atoms with Crippen molar-refractivity contribution in [3.8, 4) is 17.1 Å². The normalized spacial score (nSPS) is 12.5. The molecule has 12 heteroatoms. The molecule has 0 aliphatic heterocycles. The Balaban J connectivity index is 1.35. The number of nitrogens with zero attached hydrogens (tertiary/aromatic N) is 2. The molecule has 0 saturated heterocycles. The molecule has 0 radical (unpaired) electrons. The van der Waals surface area contributed by atoms with Crippen LogP contribution in [0.5, 0.6) is 5.75 Å². The quantitative estimate of drug-likeness (QED) is 0.185. The number of hydrogen-bond acceptors (Lipinski definition) is 9. The van der Waals surface area contributed by atoms with Crippen LogP contribution in [0.1, 0.15) is 20.3 Å². The second-order valence-corrected chi connectivity index (χ2v) is 10.6. The van der Waals surface area contributed by atoms with Crippen molar-refractivity contribution in [1.82, 2.24) is 20.8 Å². The third kappa shape index (κ3) is 8.16. The van der Waals surface area contributed by atoms with Crippen LogP contribution in [0, 0.1) is 5.92 Å². The number of carboxylic acids is 1. The molecule has 1 aromatic heterocycles. The summed E-state index contributed by atoms with van der Waals surface area (Å²) in [5.74, 6) is -2.75. The Hall–Kier alpha value is -4.71. The molecule has 3 N–H and O–H groups in total. The van der Waals surface area contributed by atoms with E-state index in [0.717, 1.165) is 28.1 Å². The second-order valence-electron chi connectivity index (χ2n) is 9.72. The summed E-state index contributed by atoms with van der Waals surface area (Å²) in [4.78, 5) is 54.6. The lowest BCUT2D eigenvalue weighted by atomic mass is 10.0. The van der Waals surface area contributed by atoms with Crippen LogP contribution in [0.3, 0.4) is 0 Å². The fourth-order valence-electron chi connectivity index (χ4n) is 4.10. The first-order valence-corrected chi connectivity index (χ1v) is 14.2. The van der Waals surface area contributed by atoms with Gasteiger partial charge in [-0.1, -0.05) is 97.5 Å². The lowest BCUT2D eigenvalue weighted by Gasteiger charge is -2.24. The zero-order valence-corrected chi connectivity index (χ0v) is 23.8. The van der Waals surface area contributed by atoms with Gasteiger partial charge in [0.2, 0.25) is 11.7 Å². The minimum absolute atomic E-state index is 0.126. The highest BCUT2D eigenvalue weighted by Crippen LogP contribution is 2.25. The molecule has 3 aromatic carbocycles. The van der Waals surface area contributed by atoms with E-state index in [1.165, 1.54) is 0 Å². The number of Topliss-reactive ketones (excluding diaryl/α,β-unsaturated/α-hetero) is 1. The first-order valence-electron chi connectivity index (χ1n) is 13.2. The van der Waals surface area contributed by atoms with Crippen LogP contribution in [0.15, 0.2) is 82.5 Å². The number of amides is 2. The molecule has 1 heterocycles. The van der Waals surface area contributed by atoms with Crippen molar-refractivity contribution < 1.29 is 33.5 Å². The van der Waals surface area contributed by atoms with Gasteiger partial charge in [-0.15, -0.1) is 0 Å². The molecule has 0 saturated carbocycles. The minimum Gasteiger partial charge on any atom is -0.483 e. The standard InChI is InChI=1S/C30H30N4O7S/c1-18(2)27(32-25(36)16-40-24-14-8-12-19-9-6-7-13-21(19)24)29(39)31-22(15-26(37)38)23(35)17-42-30-33-28(34-41-30)20-10-4-3-5-11-20/h3-14,18,22,27H,15-17H2,1-2H3,(H,31,39)(H,32,36)(H,37,38)/t22-,27-/m0/s1. The number of benzene rings is 3. The monoisotopic (exact) mass is 590 g/mol. The average Bonchev–Trinajstić information content (AvgIpc) is 3.46. The molecule has 4 aromatic rings. The maximum atomic E-state index is 13.1. The number of carboxylic acid groups (broad SMARTS) is 1. The lowest BCUT2D eigenvalue weighted by molar-refractivity contribution is -0.140. The van der Waals surface area contributed by atoms with Gasteiger partial charge in [-0.05, 0) is 17.4 Å². The molecule has 0 aliphatic rings. The smallest absolute Gasteiger partial charge is 0.305 e. The summed E-state index contributed by atoms with van der Waals surface area (Å²) >= 11 is 0.937. The number of carbonyl (C=O) groups is 4. The highest BCUT2D eigenvalue weighted by Gasteiger charge is 2.30. The topological polar surface area (TPSA) is 161 Å². The van der Waals surface area contributed by atoms with Gasteiger partial charge in [-0.3, -0.25) is 19.2 Å². The highest BCUT2D eigenvalue weighted by molar-refractivity contribution is 7.99. The Morgan fingerprint density at radius 2 is 1.67 bits per heavy atom. The fraction of sp³-hybridized carbons (Fsp3) is 0.267. The molecule has 0 spiro atoms. The first-order chi connectivity index (χ1) is 20.2. The van der Waals surface area contributed by atoms with Gasteiger partial charge in [-0.25, -0.2) is 0 Å². The summed E-state index contributed by atoms with van der Waals surface area (Å²) in [6, 6.07) is 19.8. The summed E-state index contributed by atoms with van der Waals surface area (Å²) < 4.78 is 10.9. The van der Waals surface area contributed by atoms with E-state index in [0.29, 0.717) is 11.6 Å². The van der Waals surface area contributed by atoms with E-state index in [4.69, 9.17) is 9.26 Å². The van der Waals surface area contributed by atoms with Crippen LogP contribution in [0.25, 0.3) is 22.2 Å². The number of hydrogen-bond donors (Lipinski definition) is 3. The van der Waals surface area contributed by atoms with Crippen molar-refractivity contribution in [2.24, 2.45) is 5.92 Å². The molecule has 2 atom stereocenters. The van der Waals surface area contributed by atoms with Crippen LogP contribution >= 0.6 is 11.8 Å². The Labute approximate surface area is 246 Å². The van der Waals surface area contributed by atoms with Crippen molar-refractivity contribution in [3.05, 3.63) is 72.8 Å². The van der Waals surface area contributed by atoms with Gasteiger partial charge in [0.1, 0.15) is 11.8 Å². The van der Waals surface area contributed by atoms with Crippen molar-refractivity contribution >= 4 is 46.1 Å². The van der Waals surface area contributed by atoms with Crippen LogP contribution in [-0.2, 0) is 19.2 Å². The predicted octanol–water partition coefficient (Wildman–Crippen LogP) is 3.73. The van der Waals surface area contributed by atoms with E-state index in [-0.39, 0.29) is 23.5 Å². The summed E-state index contributed by atoms with van der Waals surface area (Å²) in [5, 5.41) is 20.3. The molecule has 2 amide bonds. The average molecular weight is 591 g/mol. The SMILES string of the molecule is CC(C)[C@H](NC(=O)COc1cccc2ccccc12)C(=O)N[C@@H](CC(=O)O)C(=O)CSc1nc(-c2ccccc2)no1.